The van der Waals surface area contributed by atoms with Crippen molar-refractivity contribution in [3.63, 3.8) is 0 Å². The molecule has 0 saturated carbocycles. The van der Waals surface area contributed by atoms with Gasteiger partial charge in [0.25, 0.3) is 0 Å². The predicted octanol–water partition coefficient (Wildman–Crippen LogP) is 6.24. The van der Waals surface area contributed by atoms with Crippen LogP contribution in [-0.4, -0.2) is 17.8 Å². The average molecular weight is 425 g/mol. The van der Waals surface area contributed by atoms with Gasteiger partial charge in [-0.15, -0.1) is 0 Å². The lowest BCUT2D eigenvalue weighted by atomic mass is 9.95. The molecular formula is C23H18Cl2N2O2. The number of hydrazone groups is 1. The van der Waals surface area contributed by atoms with Gasteiger partial charge in [-0.05, 0) is 29.8 Å². The topological polar surface area (TPSA) is 34.1 Å². The molecule has 4 nitrogen and oxygen atoms in total. The van der Waals surface area contributed by atoms with Gasteiger partial charge in [0.1, 0.15) is 0 Å². The van der Waals surface area contributed by atoms with Gasteiger partial charge in [0.05, 0.1) is 18.9 Å². The number of para-hydroxylation sites is 1. The number of nitrogens with zero attached hydrogens (tertiary/aromatic N) is 2. The first-order chi connectivity index (χ1) is 14.2. The summed E-state index contributed by atoms with van der Waals surface area (Å²) >= 11 is 12.6. The third-order valence-electron chi connectivity index (χ3n) is 5.35. The fraction of sp³-hybridized carbons (Fsp3) is 0.174. The zero-order chi connectivity index (χ0) is 20.0. The molecule has 0 radical (unpaired) electrons. The van der Waals surface area contributed by atoms with Crippen LogP contribution in [0.2, 0.25) is 10.0 Å². The third-order valence-corrected chi connectivity index (χ3v) is 5.95. The molecule has 5 rings (SSSR count). The highest BCUT2D eigenvalue weighted by Gasteiger charge is 2.42. The number of hydrogen-bond acceptors (Lipinski definition) is 4. The second kappa shape index (κ2) is 7.29. The van der Waals surface area contributed by atoms with Crippen molar-refractivity contribution in [2.45, 2.75) is 18.7 Å². The minimum Gasteiger partial charge on any atom is -0.493 e. The lowest BCUT2D eigenvalue weighted by Gasteiger charge is -2.38. The molecule has 146 valence electrons. The zero-order valence-corrected chi connectivity index (χ0v) is 17.2. The van der Waals surface area contributed by atoms with E-state index < -0.39 is 6.23 Å². The van der Waals surface area contributed by atoms with E-state index in [-0.39, 0.29) is 6.04 Å². The Bertz CT molecular complexity index is 1100. The van der Waals surface area contributed by atoms with Crippen LogP contribution in [-0.2, 0) is 0 Å². The highest BCUT2D eigenvalue weighted by atomic mass is 35.5. The van der Waals surface area contributed by atoms with Crippen LogP contribution in [0.3, 0.4) is 0 Å². The number of methoxy groups -OCH3 is 1. The second-order valence-electron chi connectivity index (χ2n) is 7.02. The van der Waals surface area contributed by atoms with Crippen LogP contribution in [0.1, 0.15) is 35.4 Å². The monoisotopic (exact) mass is 424 g/mol. The molecule has 3 aromatic carbocycles. The molecule has 29 heavy (non-hydrogen) atoms. The van der Waals surface area contributed by atoms with Crippen LogP contribution >= 0.6 is 23.2 Å². The summed E-state index contributed by atoms with van der Waals surface area (Å²) in [5.41, 5.74) is 3.96. The van der Waals surface area contributed by atoms with Crippen molar-refractivity contribution in [2.24, 2.45) is 5.10 Å². The van der Waals surface area contributed by atoms with Crippen LogP contribution in [0, 0.1) is 0 Å². The third kappa shape index (κ3) is 3.13. The standard InChI is InChI=1S/C23H18Cl2N2O2/c1-28-21-8-4-6-17-20-13-19(14-9-11-15(24)12-10-14)26-27(20)23(29-22(17)21)16-5-2-3-7-18(16)25/h2-12,20,23H,13H2,1H3. The molecule has 0 aromatic heterocycles. The molecule has 0 bridgehead atoms. The quantitative estimate of drug-likeness (QED) is 0.498. The van der Waals surface area contributed by atoms with Crippen molar-refractivity contribution in [1.82, 2.24) is 5.01 Å². The molecule has 0 fully saturated rings. The molecule has 0 aliphatic carbocycles. The summed E-state index contributed by atoms with van der Waals surface area (Å²) < 4.78 is 12.0. The van der Waals surface area contributed by atoms with E-state index in [9.17, 15) is 0 Å². The average Bonchev–Trinajstić information content (AvgIpc) is 3.19. The van der Waals surface area contributed by atoms with Gasteiger partial charge in [-0.3, -0.25) is 0 Å². The molecule has 3 aromatic rings. The number of hydrogen-bond donors (Lipinski definition) is 0. The molecule has 6 heteroatoms. The number of halogens is 2. The van der Waals surface area contributed by atoms with E-state index in [1.54, 1.807) is 7.11 Å². The molecule has 0 spiro atoms. The van der Waals surface area contributed by atoms with E-state index in [0.29, 0.717) is 15.8 Å². The van der Waals surface area contributed by atoms with Crippen LogP contribution < -0.4 is 9.47 Å². The minimum atomic E-state index is -0.442. The Balaban J connectivity index is 1.63. The van der Waals surface area contributed by atoms with E-state index in [4.69, 9.17) is 37.8 Å². The Labute approximate surface area is 179 Å². The lowest BCUT2D eigenvalue weighted by Crippen LogP contribution is -2.34. The van der Waals surface area contributed by atoms with Gasteiger partial charge in [0.2, 0.25) is 6.23 Å². The Morgan fingerprint density at radius 1 is 0.966 bits per heavy atom. The van der Waals surface area contributed by atoms with E-state index in [1.165, 1.54) is 0 Å². The van der Waals surface area contributed by atoms with E-state index in [2.05, 4.69) is 6.07 Å². The van der Waals surface area contributed by atoms with Crippen LogP contribution in [0.4, 0.5) is 0 Å². The van der Waals surface area contributed by atoms with Crippen molar-refractivity contribution in [2.75, 3.05) is 7.11 Å². The van der Waals surface area contributed by atoms with Crippen LogP contribution in [0.25, 0.3) is 0 Å². The van der Waals surface area contributed by atoms with Gasteiger partial charge in [-0.2, -0.15) is 5.10 Å². The largest absolute Gasteiger partial charge is 0.493 e. The highest BCUT2D eigenvalue weighted by molar-refractivity contribution is 6.31. The number of benzene rings is 3. The van der Waals surface area contributed by atoms with Gasteiger partial charge in [-0.25, -0.2) is 5.01 Å². The van der Waals surface area contributed by atoms with Gasteiger partial charge in [0, 0.05) is 27.6 Å². The first kappa shape index (κ1) is 18.3. The number of ether oxygens (including phenoxy) is 2. The Hall–Kier alpha value is -2.69. The Morgan fingerprint density at radius 3 is 2.48 bits per heavy atom. The molecular weight excluding hydrogens is 407 g/mol. The molecule has 2 unspecified atom stereocenters. The van der Waals surface area contributed by atoms with Gasteiger partial charge in [-0.1, -0.05) is 65.7 Å². The summed E-state index contributed by atoms with van der Waals surface area (Å²) in [5, 5.41) is 8.30. The molecule has 2 heterocycles. The van der Waals surface area contributed by atoms with E-state index >= 15 is 0 Å². The Kier molecular flexibility index (Phi) is 4.61. The fourth-order valence-electron chi connectivity index (χ4n) is 3.94. The van der Waals surface area contributed by atoms with E-state index in [1.807, 2.05) is 65.7 Å². The van der Waals surface area contributed by atoms with Crippen molar-refractivity contribution in [3.05, 3.63) is 93.5 Å². The van der Waals surface area contributed by atoms with Gasteiger partial charge >= 0.3 is 0 Å². The maximum Gasteiger partial charge on any atom is 0.215 e. The highest BCUT2D eigenvalue weighted by Crippen LogP contribution is 2.51. The maximum atomic E-state index is 6.52. The van der Waals surface area contributed by atoms with Crippen LogP contribution in [0.5, 0.6) is 11.5 Å². The maximum absolute atomic E-state index is 6.52. The van der Waals surface area contributed by atoms with Crippen molar-refractivity contribution in [1.29, 1.82) is 0 Å². The summed E-state index contributed by atoms with van der Waals surface area (Å²) in [6, 6.07) is 21.5. The van der Waals surface area contributed by atoms with Gasteiger partial charge in [0.15, 0.2) is 11.5 Å². The first-order valence-electron chi connectivity index (χ1n) is 9.35. The first-order valence-corrected chi connectivity index (χ1v) is 10.1. The second-order valence-corrected chi connectivity index (χ2v) is 7.87. The zero-order valence-electron chi connectivity index (χ0n) is 15.7. The summed E-state index contributed by atoms with van der Waals surface area (Å²) in [6.07, 6.45) is 0.314. The van der Waals surface area contributed by atoms with Gasteiger partial charge < -0.3 is 9.47 Å². The Morgan fingerprint density at radius 2 is 1.72 bits per heavy atom. The SMILES string of the molecule is COc1cccc2c1OC(c1ccccc1Cl)N1N=C(c3ccc(Cl)cc3)CC21. The van der Waals surface area contributed by atoms with Crippen LogP contribution in [0.15, 0.2) is 71.8 Å². The number of rotatable bonds is 3. The molecule has 0 N–H and O–H groups in total. The fourth-order valence-corrected chi connectivity index (χ4v) is 4.30. The summed E-state index contributed by atoms with van der Waals surface area (Å²) in [4.78, 5) is 0. The van der Waals surface area contributed by atoms with Crippen molar-refractivity contribution < 1.29 is 9.47 Å². The summed E-state index contributed by atoms with van der Waals surface area (Å²) in [7, 11) is 1.65. The molecule has 2 atom stereocenters. The lowest BCUT2D eigenvalue weighted by molar-refractivity contribution is -0.0208. The molecule has 2 aliphatic heterocycles. The normalized spacial score (nSPS) is 19.8. The van der Waals surface area contributed by atoms with Crippen molar-refractivity contribution >= 4 is 28.9 Å². The summed E-state index contributed by atoms with van der Waals surface area (Å²) in [6.45, 7) is 0. The minimum absolute atomic E-state index is 0.0285. The summed E-state index contributed by atoms with van der Waals surface area (Å²) in [5.74, 6) is 1.45. The van der Waals surface area contributed by atoms with E-state index in [0.717, 1.165) is 34.6 Å². The number of fused-ring (bicyclic) bond motifs is 3. The molecule has 2 aliphatic rings. The molecule has 0 saturated heterocycles. The van der Waals surface area contributed by atoms with Crippen molar-refractivity contribution in [3.8, 4) is 11.5 Å². The molecule has 0 amide bonds. The predicted molar refractivity (Wildman–Crippen MR) is 115 cm³/mol. The smallest absolute Gasteiger partial charge is 0.215 e.